The molecular formula is C14H26FN3. The average molecular weight is 255 g/mol. The Kier molecular flexibility index (Phi) is 6.94. The number of halogens is 1. The highest BCUT2D eigenvalue weighted by Crippen LogP contribution is 2.16. The first-order valence-electron chi connectivity index (χ1n) is 7.12. The summed E-state index contributed by atoms with van der Waals surface area (Å²) in [6.07, 6.45) is 3.60. The minimum atomic E-state index is -0.270. The van der Waals surface area contributed by atoms with Crippen LogP contribution in [0, 0.1) is 0 Å². The van der Waals surface area contributed by atoms with E-state index in [0.717, 1.165) is 38.0 Å². The van der Waals surface area contributed by atoms with Crippen LogP contribution in [0.1, 0.15) is 50.6 Å². The summed E-state index contributed by atoms with van der Waals surface area (Å²) < 4.78 is 14.3. The van der Waals surface area contributed by atoms with E-state index in [9.17, 15) is 4.39 Å². The molecule has 0 spiro atoms. The first-order chi connectivity index (χ1) is 8.78. The second-order valence-electron chi connectivity index (χ2n) is 4.52. The van der Waals surface area contributed by atoms with Gasteiger partial charge in [0, 0.05) is 24.3 Å². The lowest BCUT2D eigenvalue weighted by molar-refractivity contribution is 0.429. The van der Waals surface area contributed by atoms with E-state index >= 15 is 0 Å². The Bertz CT molecular complexity index is 347. The van der Waals surface area contributed by atoms with Crippen LogP contribution in [-0.2, 0) is 25.9 Å². The molecule has 0 aliphatic heterocycles. The van der Waals surface area contributed by atoms with Crippen LogP contribution in [0.3, 0.4) is 0 Å². The summed E-state index contributed by atoms with van der Waals surface area (Å²) in [6, 6.07) is 0. The first kappa shape index (κ1) is 15.2. The van der Waals surface area contributed by atoms with Gasteiger partial charge in [0.1, 0.15) is 0 Å². The number of rotatable bonds is 9. The number of alkyl halides is 1. The molecule has 104 valence electrons. The Morgan fingerprint density at radius 2 is 2.00 bits per heavy atom. The van der Waals surface area contributed by atoms with Crippen molar-refractivity contribution in [2.45, 2.75) is 59.5 Å². The molecule has 0 saturated carbocycles. The van der Waals surface area contributed by atoms with Crippen molar-refractivity contribution in [2.24, 2.45) is 0 Å². The molecule has 0 aliphatic rings. The van der Waals surface area contributed by atoms with Gasteiger partial charge in [0.05, 0.1) is 12.4 Å². The van der Waals surface area contributed by atoms with Crippen LogP contribution >= 0.6 is 0 Å². The third-order valence-electron chi connectivity index (χ3n) is 3.15. The number of hydrogen-bond donors (Lipinski definition) is 1. The van der Waals surface area contributed by atoms with Gasteiger partial charge in [-0.3, -0.25) is 9.07 Å². The zero-order valence-electron chi connectivity index (χ0n) is 11.9. The Labute approximate surface area is 110 Å². The Morgan fingerprint density at radius 3 is 2.56 bits per heavy atom. The molecule has 18 heavy (non-hydrogen) atoms. The van der Waals surface area contributed by atoms with Crippen molar-refractivity contribution in [3.63, 3.8) is 0 Å². The van der Waals surface area contributed by atoms with Crippen molar-refractivity contribution in [1.29, 1.82) is 0 Å². The van der Waals surface area contributed by atoms with Gasteiger partial charge >= 0.3 is 0 Å². The van der Waals surface area contributed by atoms with Crippen molar-refractivity contribution in [1.82, 2.24) is 15.1 Å². The molecule has 0 aromatic carbocycles. The molecule has 0 unspecified atom stereocenters. The van der Waals surface area contributed by atoms with Crippen molar-refractivity contribution in [3.8, 4) is 0 Å². The van der Waals surface area contributed by atoms with Crippen LogP contribution in [0.5, 0.6) is 0 Å². The summed E-state index contributed by atoms with van der Waals surface area (Å²) in [5.41, 5.74) is 3.76. The third-order valence-corrected chi connectivity index (χ3v) is 3.15. The quantitative estimate of drug-likeness (QED) is 0.688. The van der Waals surface area contributed by atoms with Gasteiger partial charge in [-0.25, -0.2) is 0 Å². The third kappa shape index (κ3) is 3.80. The van der Waals surface area contributed by atoms with Gasteiger partial charge in [-0.2, -0.15) is 5.10 Å². The maximum absolute atomic E-state index is 12.3. The fourth-order valence-electron chi connectivity index (χ4n) is 2.26. The monoisotopic (exact) mass is 255 g/mol. The largest absolute Gasteiger partial charge is 0.313 e. The van der Waals surface area contributed by atoms with E-state index in [1.165, 1.54) is 11.3 Å². The molecule has 1 N–H and O–H groups in total. The summed E-state index contributed by atoms with van der Waals surface area (Å²) in [6.45, 7) is 8.78. The molecule has 0 fully saturated rings. The highest BCUT2D eigenvalue weighted by molar-refractivity contribution is 5.26. The molecule has 1 rings (SSSR count). The molecule has 1 aromatic rings. The van der Waals surface area contributed by atoms with Crippen molar-refractivity contribution < 1.29 is 4.39 Å². The molecule has 4 heteroatoms. The van der Waals surface area contributed by atoms with E-state index in [1.807, 2.05) is 4.68 Å². The lowest BCUT2D eigenvalue weighted by Crippen LogP contribution is -2.16. The predicted octanol–water partition coefficient (Wildman–Crippen LogP) is 2.87. The van der Waals surface area contributed by atoms with Gasteiger partial charge in [-0.05, 0) is 32.2 Å². The number of aryl methyl sites for hydroxylation is 2. The molecule has 1 aromatic heterocycles. The van der Waals surface area contributed by atoms with Crippen LogP contribution in [-0.4, -0.2) is 23.0 Å². The first-order valence-corrected chi connectivity index (χ1v) is 7.12. The van der Waals surface area contributed by atoms with E-state index < -0.39 is 0 Å². The second-order valence-corrected chi connectivity index (χ2v) is 4.52. The number of aromatic nitrogens is 2. The second kappa shape index (κ2) is 8.25. The molecule has 0 amide bonds. The van der Waals surface area contributed by atoms with E-state index in [2.05, 4.69) is 31.2 Å². The maximum Gasteiger partial charge on any atom is 0.0912 e. The lowest BCUT2D eigenvalue weighted by atomic mass is 10.1. The lowest BCUT2D eigenvalue weighted by Gasteiger charge is -2.08. The SMILES string of the molecule is CCCNCc1c(CC)nn(CCCF)c1CC. The highest BCUT2D eigenvalue weighted by Gasteiger charge is 2.14. The van der Waals surface area contributed by atoms with E-state index in [-0.39, 0.29) is 6.67 Å². The smallest absolute Gasteiger partial charge is 0.0912 e. The highest BCUT2D eigenvalue weighted by atomic mass is 19.1. The number of nitrogens with one attached hydrogen (secondary N) is 1. The van der Waals surface area contributed by atoms with Crippen molar-refractivity contribution >= 4 is 0 Å². The van der Waals surface area contributed by atoms with Crippen LogP contribution in [0.2, 0.25) is 0 Å². The van der Waals surface area contributed by atoms with Crippen molar-refractivity contribution in [2.75, 3.05) is 13.2 Å². The standard InChI is InChI=1S/C14H26FN3/c1-4-9-16-11-12-13(5-2)17-18(10-7-8-15)14(12)6-3/h16H,4-11H2,1-3H3. The van der Waals surface area contributed by atoms with Gasteiger partial charge < -0.3 is 5.32 Å². The minimum absolute atomic E-state index is 0.270. The van der Waals surface area contributed by atoms with Crippen LogP contribution in [0.25, 0.3) is 0 Å². The molecule has 3 nitrogen and oxygen atoms in total. The van der Waals surface area contributed by atoms with E-state index in [0.29, 0.717) is 13.0 Å². The molecule has 1 heterocycles. The number of hydrogen-bond acceptors (Lipinski definition) is 2. The fraction of sp³-hybridized carbons (Fsp3) is 0.786. The predicted molar refractivity (Wildman–Crippen MR) is 73.6 cm³/mol. The van der Waals surface area contributed by atoms with Gasteiger partial charge in [0.2, 0.25) is 0 Å². The summed E-state index contributed by atoms with van der Waals surface area (Å²) in [4.78, 5) is 0. The van der Waals surface area contributed by atoms with Crippen LogP contribution in [0.4, 0.5) is 4.39 Å². The summed E-state index contributed by atoms with van der Waals surface area (Å²) in [5.74, 6) is 0. The Hall–Kier alpha value is -0.900. The zero-order chi connectivity index (χ0) is 13.4. The minimum Gasteiger partial charge on any atom is -0.313 e. The van der Waals surface area contributed by atoms with Gasteiger partial charge in [-0.1, -0.05) is 20.8 Å². The van der Waals surface area contributed by atoms with Gasteiger partial charge in [0.15, 0.2) is 0 Å². The van der Waals surface area contributed by atoms with E-state index in [1.54, 1.807) is 0 Å². The summed E-state index contributed by atoms with van der Waals surface area (Å²) >= 11 is 0. The normalized spacial score (nSPS) is 11.1. The van der Waals surface area contributed by atoms with Crippen molar-refractivity contribution in [3.05, 3.63) is 17.0 Å². The number of nitrogens with zero attached hydrogens (tertiary/aromatic N) is 2. The summed E-state index contributed by atoms with van der Waals surface area (Å²) in [5, 5.41) is 8.07. The fourth-order valence-corrected chi connectivity index (χ4v) is 2.26. The van der Waals surface area contributed by atoms with Gasteiger partial charge in [-0.15, -0.1) is 0 Å². The van der Waals surface area contributed by atoms with Crippen LogP contribution in [0.15, 0.2) is 0 Å². The molecular weight excluding hydrogens is 229 g/mol. The summed E-state index contributed by atoms with van der Waals surface area (Å²) in [7, 11) is 0. The Morgan fingerprint density at radius 1 is 1.22 bits per heavy atom. The molecule has 0 atom stereocenters. The van der Waals surface area contributed by atoms with Gasteiger partial charge in [0.25, 0.3) is 0 Å². The molecule has 0 radical (unpaired) electrons. The zero-order valence-corrected chi connectivity index (χ0v) is 11.9. The Balaban J connectivity index is 2.86. The average Bonchev–Trinajstić information content (AvgIpc) is 2.73. The van der Waals surface area contributed by atoms with E-state index in [4.69, 9.17) is 0 Å². The molecule has 0 saturated heterocycles. The topological polar surface area (TPSA) is 29.9 Å². The maximum atomic E-state index is 12.3. The molecule has 0 aliphatic carbocycles. The van der Waals surface area contributed by atoms with Crippen LogP contribution < -0.4 is 5.32 Å². The molecule has 0 bridgehead atoms.